The molecule has 4 nitrogen and oxygen atoms in total. The smallest absolute Gasteiger partial charge is 0.402 e. The standard InChI is InChI=1S/C23H22F6N2O2/c24-22(25,26)20(23(27,28)29)18-16-11-31(12-17(16)19(30-18)21(32)33)10-13-6-8-15(9-7-13)14-4-2-1-3-5-14/h1-9,16-20,30H,10-12H2,(H,32,33). The molecule has 0 saturated carbocycles. The van der Waals surface area contributed by atoms with Crippen molar-refractivity contribution in [2.45, 2.75) is 31.0 Å². The van der Waals surface area contributed by atoms with Crippen LogP contribution in [0.15, 0.2) is 54.6 Å². The van der Waals surface area contributed by atoms with E-state index in [1.807, 2.05) is 54.6 Å². The van der Waals surface area contributed by atoms with E-state index < -0.39 is 48.2 Å². The summed E-state index contributed by atoms with van der Waals surface area (Å²) in [6.45, 7) is 0.368. The van der Waals surface area contributed by atoms with Crippen molar-refractivity contribution in [2.75, 3.05) is 13.1 Å². The maximum Gasteiger partial charge on any atom is 0.402 e. The molecular weight excluding hydrogens is 450 g/mol. The van der Waals surface area contributed by atoms with Gasteiger partial charge in [-0.25, -0.2) is 0 Å². The first-order valence-electron chi connectivity index (χ1n) is 10.4. The van der Waals surface area contributed by atoms with Gasteiger partial charge in [-0.3, -0.25) is 9.69 Å². The van der Waals surface area contributed by atoms with Gasteiger partial charge >= 0.3 is 18.3 Å². The number of nitrogens with zero attached hydrogens (tertiary/aromatic N) is 1. The summed E-state index contributed by atoms with van der Waals surface area (Å²) in [5, 5.41) is 11.6. The van der Waals surface area contributed by atoms with Crippen molar-refractivity contribution in [3.05, 3.63) is 60.2 Å². The summed E-state index contributed by atoms with van der Waals surface area (Å²) in [6.07, 6.45) is -11.1. The average molecular weight is 472 g/mol. The Balaban J connectivity index is 1.52. The van der Waals surface area contributed by atoms with Gasteiger partial charge in [0.1, 0.15) is 6.04 Å². The summed E-state index contributed by atoms with van der Waals surface area (Å²) in [7, 11) is 0. The van der Waals surface area contributed by atoms with Gasteiger partial charge in [-0.1, -0.05) is 54.6 Å². The van der Waals surface area contributed by atoms with Crippen molar-refractivity contribution in [1.82, 2.24) is 10.2 Å². The maximum absolute atomic E-state index is 13.4. The molecule has 2 aromatic rings. The molecule has 10 heteroatoms. The van der Waals surface area contributed by atoms with Crippen molar-refractivity contribution in [3.8, 4) is 11.1 Å². The number of nitrogens with one attached hydrogen (secondary N) is 1. The number of aliphatic carboxylic acids is 1. The Morgan fingerprint density at radius 2 is 1.45 bits per heavy atom. The second kappa shape index (κ2) is 8.64. The van der Waals surface area contributed by atoms with Gasteiger partial charge in [-0.05, 0) is 22.6 Å². The van der Waals surface area contributed by atoms with Gasteiger partial charge < -0.3 is 10.4 Å². The molecule has 0 radical (unpaired) electrons. The number of carboxylic acids is 1. The average Bonchev–Trinajstić information content (AvgIpc) is 3.27. The Bertz CT molecular complexity index is 963. The van der Waals surface area contributed by atoms with E-state index in [1.54, 1.807) is 4.90 Å². The Labute approximate surface area is 186 Å². The lowest BCUT2D eigenvalue weighted by molar-refractivity contribution is -0.293. The lowest BCUT2D eigenvalue weighted by Gasteiger charge is -2.32. The number of fused-ring (bicyclic) bond motifs is 1. The first kappa shape index (κ1) is 23.6. The number of likely N-dealkylation sites (tertiary alicyclic amines) is 1. The van der Waals surface area contributed by atoms with E-state index >= 15 is 0 Å². The van der Waals surface area contributed by atoms with Crippen LogP contribution in [0.3, 0.4) is 0 Å². The SMILES string of the molecule is O=C(O)C1NC(C(C(F)(F)F)C(F)(F)F)C2CN(Cc3ccc(-c4ccccc4)cc3)CC12. The molecule has 2 heterocycles. The van der Waals surface area contributed by atoms with Gasteiger partial charge in [-0.15, -0.1) is 0 Å². The molecule has 4 unspecified atom stereocenters. The first-order chi connectivity index (χ1) is 15.4. The van der Waals surface area contributed by atoms with Crippen LogP contribution < -0.4 is 5.32 Å². The second-order valence-electron chi connectivity index (χ2n) is 8.65. The number of alkyl halides is 6. The molecule has 33 heavy (non-hydrogen) atoms. The van der Waals surface area contributed by atoms with Crippen LogP contribution in [0.25, 0.3) is 11.1 Å². The number of hydrogen-bond acceptors (Lipinski definition) is 3. The molecule has 4 rings (SSSR count). The summed E-state index contributed by atoms with van der Waals surface area (Å²) in [6, 6.07) is 13.6. The second-order valence-corrected chi connectivity index (χ2v) is 8.65. The zero-order chi connectivity index (χ0) is 24.0. The zero-order valence-corrected chi connectivity index (χ0v) is 17.3. The number of hydrogen-bond donors (Lipinski definition) is 2. The monoisotopic (exact) mass is 472 g/mol. The summed E-state index contributed by atoms with van der Waals surface area (Å²) in [5.74, 6) is -6.98. The Hall–Kier alpha value is -2.59. The number of rotatable bonds is 5. The number of carboxylic acid groups (broad SMARTS) is 1. The maximum atomic E-state index is 13.4. The third kappa shape index (κ3) is 4.86. The molecule has 2 aliphatic rings. The van der Waals surface area contributed by atoms with Gasteiger partial charge in [0.2, 0.25) is 0 Å². The quantitative estimate of drug-likeness (QED) is 0.627. The van der Waals surface area contributed by atoms with Crippen molar-refractivity contribution < 1.29 is 36.2 Å². The molecule has 0 aliphatic carbocycles. The predicted molar refractivity (Wildman–Crippen MR) is 108 cm³/mol. The van der Waals surface area contributed by atoms with Crippen molar-refractivity contribution >= 4 is 5.97 Å². The van der Waals surface area contributed by atoms with Crippen LogP contribution in [-0.4, -0.2) is 53.5 Å². The fraction of sp³-hybridized carbons (Fsp3) is 0.435. The largest absolute Gasteiger partial charge is 0.480 e. The molecular formula is C23H22F6N2O2. The van der Waals surface area contributed by atoms with Crippen LogP contribution >= 0.6 is 0 Å². The molecule has 2 fully saturated rings. The van der Waals surface area contributed by atoms with Crippen molar-refractivity contribution in [1.29, 1.82) is 0 Å². The summed E-state index contributed by atoms with van der Waals surface area (Å²) < 4.78 is 80.1. The fourth-order valence-electron chi connectivity index (χ4n) is 5.14. The molecule has 0 amide bonds. The van der Waals surface area contributed by atoms with E-state index in [9.17, 15) is 36.2 Å². The minimum absolute atomic E-state index is 0.0464. The third-order valence-electron chi connectivity index (χ3n) is 6.55. The van der Waals surface area contributed by atoms with Gasteiger partial charge in [0, 0.05) is 31.6 Å². The zero-order valence-electron chi connectivity index (χ0n) is 17.3. The van der Waals surface area contributed by atoms with Crippen LogP contribution in [0.5, 0.6) is 0 Å². The molecule has 2 N–H and O–H groups in total. The topological polar surface area (TPSA) is 52.6 Å². The van der Waals surface area contributed by atoms with Crippen LogP contribution in [0.2, 0.25) is 0 Å². The molecule has 178 valence electrons. The minimum atomic E-state index is -5.53. The van der Waals surface area contributed by atoms with Crippen molar-refractivity contribution in [3.63, 3.8) is 0 Å². The van der Waals surface area contributed by atoms with E-state index in [1.165, 1.54) is 0 Å². The van der Waals surface area contributed by atoms with Crippen LogP contribution in [0, 0.1) is 17.8 Å². The van der Waals surface area contributed by atoms with Crippen LogP contribution in [0.1, 0.15) is 5.56 Å². The summed E-state index contributed by atoms with van der Waals surface area (Å²) >= 11 is 0. The number of halogens is 6. The van der Waals surface area contributed by atoms with Gasteiger partial charge in [0.05, 0.1) is 0 Å². The highest BCUT2D eigenvalue weighted by Crippen LogP contribution is 2.48. The van der Waals surface area contributed by atoms with E-state index in [0.29, 0.717) is 6.54 Å². The van der Waals surface area contributed by atoms with Crippen molar-refractivity contribution in [2.24, 2.45) is 17.8 Å². The Morgan fingerprint density at radius 1 is 0.909 bits per heavy atom. The highest BCUT2D eigenvalue weighted by Gasteiger charge is 2.66. The molecule has 2 aliphatic heterocycles. The highest BCUT2D eigenvalue weighted by molar-refractivity contribution is 5.74. The number of carbonyl (C=O) groups is 1. The molecule has 0 bridgehead atoms. The lowest BCUT2D eigenvalue weighted by atomic mass is 9.84. The van der Waals surface area contributed by atoms with Crippen LogP contribution in [-0.2, 0) is 11.3 Å². The predicted octanol–water partition coefficient (Wildman–Crippen LogP) is 4.57. The molecule has 4 atom stereocenters. The van der Waals surface area contributed by atoms with E-state index in [-0.39, 0.29) is 13.1 Å². The van der Waals surface area contributed by atoms with Gasteiger partial charge in [0.15, 0.2) is 5.92 Å². The Morgan fingerprint density at radius 3 is 2.00 bits per heavy atom. The lowest BCUT2D eigenvalue weighted by Crippen LogP contribution is -2.53. The summed E-state index contributed by atoms with van der Waals surface area (Å²) in [4.78, 5) is 13.3. The van der Waals surface area contributed by atoms with E-state index in [4.69, 9.17) is 0 Å². The first-order valence-corrected chi connectivity index (χ1v) is 10.4. The van der Waals surface area contributed by atoms with E-state index in [2.05, 4.69) is 5.32 Å². The normalized spacial score (nSPS) is 26.0. The molecule has 2 saturated heterocycles. The fourth-order valence-corrected chi connectivity index (χ4v) is 5.14. The van der Waals surface area contributed by atoms with Crippen LogP contribution in [0.4, 0.5) is 26.3 Å². The van der Waals surface area contributed by atoms with Gasteiger partial charge in [0.25, 0.3) is 0 Å². The summed E-state index contributed by atoms with van der Waals surface area (Å²) in [5.41, 5.74) is 2.84. The van der Waals surface area contributed by atoms with E-state index in [0.717, 1.165) is 16.7 Å². The molecule has 2 aromatic carbocycles. The Kier molecular flexibility index (Phi) is 6.17. The molecule has 0 aromatic heterocycles. The number of benzene rings is 2. The highest BCUT2D eigenvalue weighted by atomic mass is 19.4. The third-order valence-corrected chi connectivity index (χ3v) is 6.55. The minimum Gasteiger partial charge on any atom is -0.480 e. The van der Waals surface area contributed by atoms with Gasteiger partial charge in [-0.2, -0.15) is 26.3 Å². The molecule has 0 spiro atoms.